The zero-order valence-electron chi connectivity index (χ0n) is 10.8. The van der Waals surface area contributed by atoms with Crippen LogP contribution in [-0.4, -0.2) is 28.7 Å². The Morgan fingerprint density at radius 1 is 1.61 bits per heavy atom. The van der Waals surface area contributed by atoms with Crippen LogP contribution in [0.25, 0.3) is 0 Å². The molecule has 0 spiro atoms. The van der Waals surface area contributed by atoms with Gasteiger partial charge in [-0.15, -0.1) is 0 Å². The second kappa shape index (κ2) is 5.20. The van der Waals surface area contributed by atoms with Crippen molar-refractivity contribution < 1.29 is 4.74 Å². The van der Waals surface area contributed by atoms with Crippen molar-refractivity contribution in [1.82, 2.24) is 4.98 Å². The van der Waals surface area contributed by atoms with E-state index in [1.807, 2.05) is 13.0 Å². The van der Waals surface area contributed by atoms with Crippen molar-refractivity contribution in [1.29, 1.82) is 0 Å². The maximum Gasteiger partial charge on any atom is 0.136 e. The number of nitrogens with two attached hydrogens (primary N) is 1. The molecule has 4 nitrogen and oxygen atoms in total. The van der Waals surface area contributed by atoms with E-state index in [-0.39, 0.29) is 5.54 Å². The van der Waals surface area contributed by atoms with Crippen molar-refractivity contribution in [3.63, 3.8) is 0 Å². The van der Waals surface area contributed by atoms with Gasteiger partial charge in [0.25, 0.3) is 0 Å². The fourth-order valence-electron chi connectivity index (χ4n) is 2.28. The summed E-state index contributed by atoms with van der Waals surface area (Å²) in [6.07, 6.45) is 3.88. The third kappa shape index (κ3) is 2.79. The maximum atomic E-state index is 5.78. The van der Waals surface area contributed by atoms with Gasteiger partial charge in [0.2, 0.25) is 0 Å². The van der Waals surface area contributed by atoms with Gasteiger partial charge in [-0.25, -0.2) is 4.98 Å². The number of nitrogens with one attached hydrogen (secondary N) is 1. The first-order valence-corrected chi connectivity index (χ1v) is 6.54. The molecule has 98 valence electrons. The van der Waals surface area contributed by atoms with Crippen molar-refractivity contribution in [2.24, 2.45) is 5.73 Å². The average Bonchev–Trinajstić information content (AvgIpc) is 2.28. The molecule has 1 unspecified atom stereocenters. The number of pyridine rings is 1. The van der Waals surface area contributed by atoms with Crippen molar-refractivity contribution >= 4 is 23.0 Å². The number of ether oxygens (including phenoxy) is 1. The summed E-state index contributed by atoms with van der Waals surface area (Å²) in [4.78, 5) is 4.74. The molecule has 1 aliphatic heterocycles. The van der Waals surface area contributed by atoms with E-state index in [2.05, 4.69) is 17.2 Å². The predicted octanol–water partition coefficient (Wildman–Crippen LogP) is 2.01. The summed E-state index contributed by atoms with van der Waals surface area (Å²) in [6.45, 7) is 5.64. The van der Waals surface area contributed by atoms with Crippen molar-refractivity contribution in [3.8, 4) is 0 Å². The zero-order chi connectivity index (χ0) is 13.2. The Bertz CT molecular complexity index is 456. The highest BCUT2D eigenvalue weighted by Crippen LogP contribution is 2.26. The standard InChI is InChI=1S/C13H19N3OS/c1-9-4-6-15-12(10(9)11(14)18)16-13(2)5-3-7-17-8-13/h4,6H,3,5,7-8H2,1-2H3,(H2,14,18)(H,15,16). The van der Waals surface area contributed by atoms with Crippen LogP contribution in [0.1, 0.15) is 30.9 Å². The molecule has 1 aromatic rings. The van der Waals surface area contributed by atoms with E-state index in [0.717, 1.165) is 36.4 Å². The summed E-state index contributed by atoms with van der Waals surface area (Å²) < 4.78 is 5.53. The number of hydrogen-bond acceptors (Lipinski definition) is 4. The van der Waals surface area contributed by atoms with Crippen LogP contribution in [0, 0.1) is 6.92 Å². The summed E-state index contributed by atoms with van der Waals surface area (Å²) in [5.74, 6) is 0.760. The van der Waals surface area contributed by atoms with Crippen LogP contribution in [0.3, 0.4) is 0 Å². The van der Waals surface area contributed by atoms with Gasteiger partial charge in [-0.05, 0) is 38.3 Å². The quantitative estimate of drug-likeness (QED) is 0.819. The molecule has 0 aliphatic carbocycles. The minimum Gasteiger partial charge on any atom is -0.389 e. The van der Waals surface area contributed by atoms with Crippen LogP contribution < -0.4 is 11.1 Å². The second-order valence-corrected chi connectivity index (χ2v) is 5.50. The number of hydrogen-bond donors (Lipinski definition) is 2. The third-order valence-electron chi connectivity index (χ3n) is 3.26. The van der Waals surface area contributed by atoms with E-state index in [1.54, 1.807) is 6.20 Å². The molecule has 1 aromatic heterocycles. The van der Waals surface area contributed by atoms with E-state index >= 15 is 0 Å². The smallest absolute Gasteiger partial charge is 0.136 e. The van der Waals surface area contributed by atoms with Gasteiger partial charge in [-0.1, -0.05) is 12.2 Å². The molecular weight excluding hydrogens is 246 g/mol. The van der Waals surface area contributed by atoms with Gasteiger partial charge in [0.15, 0.2) is 0 Å². The van der Waals surface area contributed by atoms with Crippen molar-refractivity contribution in [3.05, 3.63) is 23.4 Å². The molecule has 0 saturated carbocycles. The SMILES string of the molecule is Cc1ccnc(NC2(C)CCCOC2)c1C(N)=S. The number of nitrogens with zero attached hydrogens (tertiary/aromatic N) is 1. The normalized spacial score (nSPS) is 23.7. The lowest BCUT2D eigenvalue weighted by atomic mass is 9.94. The van der Waals surface area contributed by atoms with Crippen LogP contribution >= 0.6 is 12.2 Å². The van der Waals surface area contributed by atoms with Gasteiger partial charge in [-0.3, -0.25) is 0 Å². The lowest BCUT2D eigenvalue weighted by molar-refractivity contribution is 0.0539. The Balaban J connectivity index is 2.28. The fraction of sp³-hybridized carbons (Fsp3) is 0.538. The van der Waals surface area contributed by atoms with Crippen LogP contribution in [0.2, 0.25) is 0 Å². The number of rotatable bonds is 3. The van der Waals surface area contributed by atoms with E-state index in [1.165, 1.54) is 0 Å². The molecule has 2 heterocycles. The minimum absolute atomic E-state index is 0.0986. The third-order valence-corrected chi connectivity index (χ3v) is 3.47. The Morgan fingerprint density at radius 3 is 3.00 bits per heavy atom. The molecule has 0 aromatic carbocycles. The largest absolute Gasteiger partial charge is 0.389 e. The van der Waals surface area contributed by atoms with E-state index in [0.29, 0.717) is 11.6 Å². The topological polar surface area (TPSA) is 60.2 Å². The Morgan fingerprint density at radius 2 is 2.39 bits per heavy atom. The van der Waals surface area contributed by atoms with E-state index in [9.17, 15) is 0 Å². The monoisotopic (exact) mass is 265 g/mol. The van der Waals surface area contributed by atoms with Gasteiger partial charge >= 0.3 is 0 Å². The first kappa shape index (κ1) is 13.2. The molecule has 0 bridgehead atoms. The molecule has 1 saturated heterocycles. The Hall–Kier alpha value is -1.20. The first-order chi connectivity index (χ1) is 8.52. The number of thiocarbonyl (C=S) groups is 1. The Kier molecular flexibility index (Phi) is 3.82. The van der Waals surface area contributed by atoms with Gasteiger partial charge in [0.1, 0.15) is 10.8 Å². The molecule has 1 aliphatic rings. The first-order valence-electron chi connectivity index (χ1n) is 6.13. The van der Waals surface area contributed by atoms with Crippen LogP contribution in [0.4, 0.5) is 5.82 Å². The lowest BCUT2D eigenvalue weighted by Crippen LogP contribution is -2.43. The highest BCUT2D eigenvalue weighted by molar-refractivity contribution is 7.80. The van der Waals surface area contributed by atoms with Gasteiger partial charge in [0.05, 0.1) is 17.7 Å². The maximum absolute atomic E-state index is 5.78. The molecule has 5 heteroatoms. The second-order valence-electron chi connectivity index (χ2n) is 5.06. The van der Waals surface area contributed by atoms with Gasteiger partial charge in [-0.2, -0.15) is 0 Å². The number of aromatic nitrogens is 1. The van der Waals surface area contributed by atoms with Gasteiger partial charge in [0, 0.05) is 12.8 Å². The molecule has 2 rings (SSSR count). The molecular formula is C13H19N3OS. The van der Waals surface area contributed by atoms with Crippen LogP contribution in [-0.2, 0) is 4.74 Å². The number of anilines is 1. The summed E-state index contributed by atoms with van der Waals surface area (Å²) in [7, 11) is 0. The molecule has 0 amide bonds. The molecule has 3 N–H and O–H groups in total. The summed E-state index contributed by atoms with van der Waals surface area (Å²) in [6, 6.07) is 1.92. The molecule has 18 heavy (non-hydrogen) atoms. The molecule has 1 fully saturated rings. The van der Waals surface area contributed by atoms with E-state index in [4.69, 9.17) is 22.7 Å². The van der Waals surface area contributed by atoms with Crippen LogP contribution in [0.15, 0.2) is 12.3 Å². The molecule has 0 radical (unpaired) electrons. The lowest BCUT2D eigenvalue weighted by Gasteiger charge is -2.35. The highest BCUT2D eigenvalue weighted by atomic mass is 32.1. The number of aryl methyl sites for hydroxylation is 1. The van der Waals surface area contributed by atoms with Crippen molar-refractivity contribution in [2.45, 2.75) is 32.2 Å². The zero-order valence-corrected chi connectivity index (χ0v) is 11.6. The predicted molar refractivity (Wildman–Crippen MR) is 76.9 cm³/mol. The Labute approximate surface area is 113 Å². The van der Waals surface area contributed by atoms with Gasteiger partial charge < -0.3 is 15.8 Å². The summed E-state index contributed by atoms with van der Waals surface area (Å²) in [5, 5.41) is 3.44. The van der Waals surface area contributed by atoms with Crippen molar-refractivity contribution in [2.75, 3.05) is 18.5 Å². The fourth-order valence-corrected chi connectivity index (χ4v) is 2.54. The minimum atomic E-state index is -0.0986. The summed E-state index contributed by atoms with van der Waals surface area (Å²) in [5.41, 5.74) is 7.56. The highest BCUT2D eigenvalue weighted by Gasteiger charge is 2.29. The van der Waals surface area contributed by atoms with Crippen LogP contribution in [0.5, 0.6) is 0 Å². The summed E-state index contributed by atoms with van der Waals surface area (Å²) >= 11 is 5.11. The average molecular weight is 265 g/mol. The molecule has 1 atom stereocenters. The van der Waals surface area contributed by atoms with E-state index < -0.39 is 0 Å².